The van der Waals surface area contributed by atoms with Crippen molar-refractivity contribution in [2.75, 3.05) is 7.11 Å². The maximum absolute atomic E-state index is 13.2. The summed E-state index contributed by atoms with van der Waals surface area (Å²) in [5.74, 6) is 0.884. The Morgan fingerprint density at radius 3 is 2.11 bits per heavy atom. The minimum absolute atomic E-state index is 0.0733. The number of ether oxygens (including phenoxy) is 1. The number of carbonyl (C=O) groups excluding carboxylic acids is 1. The first-order valence-corrected chi connectivity index (χ1v) is 8.87. The van der Waals surface area contributed by atoms with E-state index < -0.39 is 0 Å². The molecule has 0 saturated carbocycles. The maximum Gasteiger partial charge on any atom is 0.211 e. The van der Waals surface area contributed by atoms with E-state index in [1.165, 1.54) is 0 Å². The Bertz CT molecular complexity index is 1150. The number of benzene rings is 3. The van der Waals surface area contributed by atoms with Crippen LogP contribution in [0, 0.1) is 0 Å². The van der Waals surface area contributed by atoms with E-state index in [0.29, 0.717) is 0 Å². The lowest BCUT2D eigenvalue weighted by Crippen LogP contribution is -2.07. The third kappa shape index (κ3) is 2.32. The molecule has 0 aliphatic heterocycles. The molecule has 0 amide bonds. The largest absolute Gasteiger partial charge is 0.497 e. The van der Waals surface area contributed by atoms with E-state index in [1.54, 1.807) is 7.11 Å². The van der Waals surface area contributed by atoms with E-state index in [9.17, 15) is 4.79 Å². The topological polar surface area (TPSA) is 31.2 Å². The Morgan fingerprint density at radius 1 is 0.741 bits per heavy atom. The third-order valence-electron chi connectivity index (χ3n) is 5.08. The van der Waals surface area contributed by atoms with E-state index in [-0.39, 0.29) is 5.78 Å². The van der Waals surface area contributed by atoms with Crippen molar-refractivity contribution in [1.82, 2.24) is 4.57 Å². The van der Waals surface area contributed by atoms with Crippen LogP contribution >= 0.6 is 0 Å². The molecule has 0 spiro atoms. The lowest BCUT2D eigenvalue weighted by molar-refractivity contribution is 0.103. The van der Waals surface area contributed by atoms with Gasteiger partial charge in [-0.05, 0) is 53.6 Å². The van der Waals surface area contributed by atoms with Crippen molar-refractivity contribution in [3.8, 4) is 33.8 Å². The molecule has 4 aromatic rings. The lowest BCUT2D eigenvalue weighted by atomic mass is 10.1. The van der Waals surface area contributed by atoms with Gasteiger partial charge in [0.25, 0.3) is 0 Å². The Balaban J connectivity index is 1.80. The number of fused-ring (bicyclic) bond motifs is 3. The molecular formula is C24H17NO2. The molecule has 0 radical (unpaired) electrons. The van der Waals surface area contributed by atoms with Crippen molar-refractivity contribution in [2.24, 2.45) is 0 Å². The molecule has 5 rings (SSSR count). The zero-order valence-corrected chi connectivity index (χ0v) is 14.8. The van der Waals surface area contributed by atoms with Gasteiger partial charge in [-0.1, -0.05) is 42.5 Å². The van der Waals surface area contributed by atoms with Crippen LogP contribution in [0.25, 0.3) is 28.1 Å². The first-order chi connectivity index (χ1) is 13.3. The fourth-order valence-electron chi connectivity index (χ4n) is 3.80. The van der Waals surface area contributed by atoms with Crippen LogP contribution < -0.4 is 4.74 Å². The average molecular weight is 351 g/mol. The highest BCUT2D eigenvalue weighted by Gasteiger charge is 2.32. The zero-order valence-electron chi connectivity index (χ0n) is 14.8. The van der Waals surface area contributed by atoms with Gasteiger partial charge in [0.1, 0.15) is 11.4 Å². The van der Waals surface area contributed by atoms with Crippen molar-refractivity contribution in [3.05, 3.63) is 96.2 Å². The number of rotatable bonds is 3. The van der Waals surface area contributed by atoms with E-state index >= 15 is 0 Å². The van der Waals surface area contributed by atoms with Crippen LogP contribution in [-0.4, -0.2) is 17.5 Å². The third-order valence-corrected chi connectivity index (χ3v) is 5.08. The van der Waals surface area contributed by atoms with Gasteiger partial charge in [-0.3, -0.25) is 4.79 Å². The summed E-state index contributed by atoms with van der Waals surface area (Å²) >= 11 is 0. The minimum atomic E-state index is 0.0733. The summed E-state index contributed by atoms with van der Waals surface area (Å²) < 4.78 is 7.35. The second-order valence-corrected chi connectivity index (χ2v) is 6.57. The van der Waals surface area contributed by atoms with Gasteiger partial charge in [0.15, 0.2) is 0 Å². The summed E-state index contributed by atoms with van der Waals surface area (Å²) in [6.07, 6.45) is 0. The van der Waals surface area contributed by atoms with E-state index in [1.807, 2.05) is 78.9 Å². The van der Waals surface area contributed by atoms with Crippen LogP contribution in [0.3, 0.4) is 0 Å². The van der Waals surface area contributed by atoms with Crippen molar-refractivity contribution in [3.63, 3.8) is 0 Å². The highest BCUT2D eigenvalue weighted by Crippen LogP contribution is 2.42. The molecule has 0 unspecified atom stereocenters. The molecule has 3 aromatic carbocycles. The Labute approximate surface area is 157 Å². The minimum Gasteiger partial charge on any atom is -0.497 e. The van der Waals surface area contributed by atoms with Crippen LogP contribution in [0.4, 0.5) is 0 Å². The van der Waals surface area contributed by atoms with Crippen LogP contribution in [0.5, 0.6) is 5.75 Å². The van der Waals surface area contributed by atoms with Crippen LogP contribution in [0.2, 0.25) is 0 Å². The van der Waals surface area contributed by atoms with Gasteiger partial charge in [-0.15, -0.1) is 0 Å². The molecule has 3 heteroatoms. The molecule has 0 bridgehead atoms. The predicted molar refractivity (Wildman–Crippen MR) is 107 cm³/mol. The quantitative estimate of drug-likeness (QED) is 0.438. The summed E-state index contributed by atoms with van der Waals surface area (Å²) in [5, 5.41) is 0. The lowest BCUT2D eigenvalue weighted by Gasteiger charge is -2.13. The van der Waals surface area contributed by atoms with Gasteiger partial charge in [0.2, 0.25) is 5.78 Å². The molecule has 1 heterocycles. The van der Waals surface area contributed by atoms with Crippen LogP contribution in [0.1, 0.15) is 16.1 Å². The number of carbonyl (C=O) groups is 1. The van der Waals surface area contributed by atoms with Gasteiger partial charge in [0, 0.05) is 16.8 Å². The molecule has 0 saturated heterocycles. The van der Waals surface area contributed by atoms with Gasteiger partial charge < -0.3 is 9.30 Å². The highest BCUT2D eigenvalue weighted by atomic mass is 16.5. The Kier molecular flexibility index (Phi) is 3.47. The number of hydrogen-bond acceptors (Lipinski definition) is 2. The molecule has 27 heavy (non-hydrogen) atoms. The summed E-state index contributed by atoms with van der Waals surface area (Å²) in [6.45, 7) is 0. The maximum atomic E-state index is 13.2. The number of para-hydroxylation sites is 1. The monoisotopic (exact) mass is 351 g/mol. The summed E-state index contributed by atoms with van der Waals surface area (Å²) in [4.78, 5) is 13.2. The first-order valence-electron chi connectivity index (χ1n) is 8.87. The summed E-state index contributed by atoms with van der Waals surface area (Å²) in [5.41, 5.74) is 6.51. The molecule has 3 nitrogen and oxygen atoms in total. The molecule has 0 atom stereocenters. The Hall–Kier alpha value is -3.59. The number of nitrogens with zero attached hydrogens (tertiary/aromatic N) is 1. The Morgan fingerprint density at radius 2 is 1.41 bits per heavy atom. The van der Waals surface area contributed by atoms with Gasteiger partial charge >= 0.3 is 0 Å². The molecule has 1 aliphatic rings. The van der Waals surface area contributed by atoms with Crippen molar-refractivity contribution in [1.29, 1.82) is 0 Å². The normalized spacial score (nSPS) is 12.0. The van der Waals surface area contributed by atoms with Crippen LogP contribution in [-0.2, 0) is 0 Å². The van der Waals surface area contributed by atoms with Crippen molar-refractivity contribution in [2.45, 2.75) is 0 Å². The fraction of sp³-hybridized carbons (Fsp3) is 0.0417. The molecule has 0 fully saturated rings. The van der Waals surface area contributed by atoms with Crippen molar-refractivity contribution >= 4 is 5.78 Å². The average Bonchev–Trinajstić information content (AvgIpc) is 3.25. The molecule has 130 valence electrons. The highest BCUT2D eigenvalue weighted by molar-refractivity contribution is 6.22. The van der Waals surface area contributed by atoms with Crippen LogP contribution in [0.15, 0.2) is 84.9 Å². The smallest absolute Gasteiger partial charge is 0.211 e. The van der Waals surface area contributed by atoms with E-state index in [2.05, 4.69) is 10.6 Å². The predicted octanol–water partition coefficient (Wildman–Crippen LogP) is 5.36. The fourth-order valence-corrected chi connectivity index (χ4v) is 3.80. The van der Waals surface area contributed by atoms with E-state index in [4.69, 9.17) is 4.74 Å². The SMILES string of the molecule is COc1ccc(-c2cc3c(n2-c2ccccc2)C(=O)c2ccccc2-3)cc1. The zero-order chi connectivity index (χ0) is 18.4. The second kappa shape index (κ2) is 5.99. The van der Waals surface area contributed by atoms with Crippen molar-refractivity contribution < 1.29 is 9.53 Å². The number of ketones is 1. The van der Waals surface area contributed by atoms with Gasteiger partial charge in [-0.25, -0.2) is 0 Å². The first kappa shape index (κ1) is 15.6. The van der Waals surface area contributed by atoms with E-state index in [0.717, 1.165) is 45.1 Å². The number of aromatic nitrogens is 1. The second-order valence-electron chi connectivity index (χ2n) is 6.57. The van der Waals surface area contributed by atoms with Gasteiger partial charge in [0.05, 0.1) is 12.8 Å². The standard InChI is InChI=1S/C24H17NO2/c1-27-18-13-11-16(12-14-18)22-15-21-19-9-5-6-10-20(19)24(26)23(21)25(22)17-7-3-2-4-8-17/h2-15H,1H3. The molecule has 1 aliphatic carbocycles. The summed E-state index contributed by atoms with van der Waals surface area (Å²) in [6, 6.07) is 27.9. The number of methoxy groups -OCH3 is 1. The van der Waals surface area contributed by atoms with Gasteiger partial charge in [-0.2, -0.15) is 0 Å². The number of hydrogen-bond donors (Lipinski definition) is 0. The molecule has 0 N–H and O–H groups in total. The molecular weight excluding hydrogens is 334 g/mol. The molecule has 1 aromatic heterocycles. The summed E-state index contributed by atoms with van der Waals surface area (Å²) in [7, 11) is 1.66.